The third kappa shape index (κ3) is 4.66. The van der Waals surface area contributed by atoms with Gasteiger partial charge < -0.3 is 4.90 Å². The molecule has 1 fully saturated rings. The number of carbonyl (C=O) groups is 1. The SMILES string of the molecule is Cc1ccc(CN(C)C(=O)C2CCN(S(=O)(=O)c3ccccc3C#N)CC2)cc1. The Kier molecular flexibility index (Phi) is 6.36. The Hall–Kier alpha value is -2.69. The van der Waals surface area contributed by atoms with Gasteiger partial charge in [0.15, 0.2) is 0 Å². The smallest absolute Gasteiger partial charge is 0.244 e. The lowest BCUT2D eigenvalue weighted by Gasteiger charge is -2.32. The fourth-order valence-corrected chi connectivity index (χ4v) is 5.23. The molecule has 0 aromatic heterocycles. The minimum Gasteiger partial charge on any atom is -0.341 e. The third-order valence-electron chi connectivity index (χ3n) is 5.35. The lowest BCUT2D eigenvalue weighted by molar-refractivity contribution is -0.135. The number of hydrogen-bond donors (Lipinski definition) is 0. The maximum absolute atomic E-state index is 12.9. The molecule has 1 aliphatic rings. The van der Waals surface area contributed by atoms with E-state index in [1.165, 1.54) is 22.0 Å². The van der Waals surface area contributed by atoms with Gasteiger partial charge in [0.2, 0.25) is 15.9 Å². The molecule has 1 saturated heterocycles. The third-order valence-corrected chi connectivity index (χ3v) is 7.30. The minimum atomic E-state index is -3.74. The average Bonchev–Trinajstić information content (AvgIpc) is 2.74. The maximum Gasteiger partial charge on any atom is 0.244 e. The summed E-state index contributed by atoms with van der Waals surface area (Å²) in [6, 6.07) is 16.2. The van der Waals surface area contributed by atoms with Crippen molar-refractivity contribution in [2.45, 2.75) is 31.2 Å². The number of aryl methyl sites for hydroxylation is 1. The van der Waals surface area contributed by atoms with Gasteiger partial charge >= 0.3 is 0 Å². The number of hydrogen-bond acceptors (Lipinski definition) is 4. The number of amides is 1. The summed E-state index contributed by atoms with van der Waals surface area (Å²) in [6.07, 6.45) is 0.954. The predicted molar refractivity (Wildman–Crippen MR) is 110 cm³/mol. The Bertz CT molecular complexity index is 1020. The van der Waals surface area contributed by atoms with E-state index in [0.29, 0.717) is 19.4 Å². The van der Waals surface area contributed by atoms with Crippen LogP contribution in [-0.2, 0) is 21.4 Å². The molecular weight excluding hydrogens is 386 g/mol. The van der Waals surface area contributed by atoms with Crippen LogP contribution in [0.25, 0.3) is 0 Å². The first-order valence-corrected chi connectivity index (χ1v) is 11.1. The van der Waals surface area contributed by atoms with E-state index in [-0.39, 0.29) is 35.4 Å². The van der Waals surface area contributed by atoms with Crippen molar-refractivity contribution in [3.05, 3.63) is 65.2 Å². The number of piperidine rings is 1. The van der Waals surface area contributed by atoms with Gasteiger partial charge in [0.1, 0.15) is 6.07 Å². The summed E-state index contributed by atoms with van der Waals surface area (Å²) in [5.74, 6) is -0.150. The molecule has 0 atom stereocenters. The highest BCUT2D eigenvalue weighted by Gasteiger charge is 2.34. The second-order valence-corrected chi connectivity index (χ2v) is 9.37. The van der Waals surface area contributed by atoms with Crippen LogP contribution < -0.4 is 0 Å². The lowest BCUT2D eigenvalue weighted by atomic mass is 9.96. The van der Waals surface area contributed by atoms with Gasteiger partial charge in [0.25, 0.3) is 0 Å². The Labute approximate surface area is 172 Å². The zero-order valence-electron chi connectivity index (χ0n) is 16.7. The van der Waals surface area contributed by atoms with Crippen LogP contribution in [0.4, 0.5) is 0 Å². The number of carbonyl (C=O) groups excluding carboxylic acids is 1. The summed E-state index contributed by atoms with van der Waals surface area (Å²) in [6.45, 7) is 3.11. The van der Waals surface area contributed by atoms with Crippen LogP contribution in [0.3, 0.4) is 0 Å². The summed E-state index contributed by atoms with van der Waals surface area (Å²) in [5.41, 5.74) is 2.39. The summed E-state index contributed by atoms with van der Waals surface area (Å²) >= 11 is 0. The monoisotopic (exact) mass is 411 g/mol. The first-order chi connectivity index (χ1) is 13.8. The Morgan fingerprint density at radius 1 is 1.14 bits per heavy atom. The lowest BCUT2D eigenvalue weighted by Crippen LogP contribution is -2.43. The normalized spacial score (nSPS) is 15.6. The second-order valence-electron chi connectivity index (χ2n) is 7.47. The standard InChI is InChI=1S/C22H25N3O3S/c1-17-7-9-18(10-8-17)16-24(2)22(26)19-11-13-25(14-12-19)29(27,28)21-6-4-3-5-20(21)15-23/h3-10,19H,11-14,16H2,1-2H3. The fourth-order valence-electron chi connectivity index (χ4n) is 3.62. The molecule has 0 bridgehead atoms. The number of nitriles is 1. The molecule has 6 nitrogen and oxygen atoms in total. The highest BCUT2D eigenvalue weighted by Crippen LogP contribution is 2.26. The van der Waals surface area contributed by atoms with Crippen LogP contribution >= 0.6 is 0 Å². The van der Waals surface area contributed by atoms with Gasteiger partial charge in [-0.3, -0.25) is 4.79 Å². The molecule has 0 saturated carbocycles. The molecule has 0 N–H and O–H groups in total. The maximum atomic E-state index is 12.9. The van der Waals surface area contributed by atoms with Gasteiger partial charge in [-0.25, -0.2) is 8.42 Å². The summed E-state index contributed by atoms with van der Waals surface area (Å²) in [4.78, 5) is 14.6. The van der Waals surface area contributed by atoms with Crippen molar-refractivity contribution in [3.8, 4) is 6.07 Å². The molecule has 0 spiro atoms. The zero-order valence-corrected chi connectivity index (χ0v) is 17.5. The van der Waals surface area contributed by atoms with Gasteiger partial charge in [-0.05, 0) is 37.5 Å². The van der Waals surface area contributed by atoms with Gasteiger partial charge in [0.05, 0.1) is 10.5 Å². The Morgan fingerprint density at radius 3 is 2.38 bits per heavy atom. The van der Waals surface area contributed by atoms with Crippen LogP contribution in [0.2, 0.25) is 0 Å². The Morgan fingerprint density at radius 2 is 1.76 bits per heavy atom. The van der Waals surface area contributed by atoms with Crippen molar-refractivity contribution in [1.82, 2.24) is 9.21 Å². The van der Waals surface area contributed by atoms with E-state index in [2.05, 4.69) is 0 Å². The molecule has 1 heterocycles. The minimum absolute atomic E-state index is 0.0313. The van der Waals surface area contributed by atoms with Crippen LogP contribution in [-0.4, -0.2) is 43.7 Å². The van der Waals surface area contributed by atoms with E-state index in [1.54, 1.807) is 24.1 Å². The number of sulfonamides is 1. The van der Waals surface area contributed by atoms with Crippen molar-refractivity contribution in [3.63, 3.8) is 0 Å². The molecule has 0 aliphatic carbocycles. The molecule has 0 unspecified atom stereocenters. The van der Waals surface area contributed by atoms with E-state index >= 15 is 0 Å². The largest absolute Gasteiger partial charge is 0.341 e. The van der Waals surface area contributed by atoms with Gasteiger partial charge in [-0.1, -0.05) is 42.0 Å². The molecule has 2 aromatic carbocycles. The summed E-state index contributed by atoms with van der Waals surface area (Å²) in [7, 11) is -1.95. The molecule has 0 radical (unpaired) electrons. The molecule has 1 amide bonds. The van der Waals surface area contributed by atoms with E-state index in [0.717, 1.165) is 5.56 Å². The van der Waals surface area contributed by atoms with E-state index in [4.69, 9.17) is 0 Å². The van der Waals surface area contributed by atoms with Gasteiger partial charge in [0, 0.05) is 32.6 Å². The first kappa shape index (κ1) is 21.0. The average molecular weight is 412 g/mol. The van der Waals surface area contributed by atoms with Crippen LogP contribution in [0, 0.1) is 24.2 Å². The molecule has 29 heavy (non-hydrogen) atoms. The number of nitrogens with zero attached hydrogens (tertiary/aromatic N) is 3. The van der Waals surface area contributed by atoms with Crippen LogP contribution in [0.1, 0.15) is 29.5 Å². The molecular formula is C22H25N3O3S. The first-order valence-electron chi connectivity index (χ1n) is 9.62. The molecule has 7 heteroatoms. The fraction of sp³-hybridized carbons (Fsp3) is 0.364. The Balaban J connectivity index is 1.63. The second kappa shape index (κ2) is 8.76. The zero-order chi connectivity index (χ0) is 21.0. The highest BCUT2D eigenvalue weighted by molar-refractivity contribution is 7.89. The topological polar surface area (TPSA) is 81.5 Å². The van der Waals surface area contributed by atoms with Crippen LogP contribution in [0.5, 0.6) is 0 Å². The molecule has 3 rings (SSSR count). The van der Waals surface area contributed by atoms with E-state index in [1.807, 2.05) is 37.3 Å². The number of benzene rings is 2. The molecule has 152 valence electrons. The molecule has 1 aliphatic heterocycles. The quantitative estimate of drug-likeness (QED) is 0.758. The van der Waals surface area contributed by atoms with Crippen molar-refractivity contribution >= 4 is 15.9 Å². The van der Waals surface area contributed by atoms with Crippen molar-refractivity contribution < 1.29 is 13.2 Å². The summed E-state index contributed by atoms with van der Waals surface area (Å²) < 4.78 is 27.2. The van der Waals surface area contributed by atoms with Crippen molar-refractivity contribution in [1.29, 1.82) is 5.26 Å². The van der Waals surface area contributed by atoms with Gasteiger partial charge in [-0.2, -0.15) is 9.57 Å². The van der Waals surface area contributed by atoms with Gasteiger partial charge in [-0.15, -0.1) is 0 Å². The van der Waals surface area contributed by atoms with Crippen LogP contribution in [0.15, 0.2) is 53.4 Å². The molecule has 2 aromatic rings. The summed E-state index contributed by atoms with van der Waals surface area (Å²) in [5, 5.41) is 9.21. The van der Waals surface area contributed by atoms with Crippen molar-refractivity contribution in [2.24, 2.45) is 5.92 Å². The highest BCUT2D eigenvalue weighted by atomic mass is 32.2. The van der Waals surface area contributed by atoms with E-state index in [9.17, 15) is 18.5 Å². The number of rotatable bonds is 5. The van der Waals surface area contributed by atoms with E-state index < -0.39 is 10.0 Å². The van der Waals surface area contributed by atoms with Crippen molar-refractivity contribution in [2.75, 3.05) is 20.1 Å². The predicted octanol–water partition coefficient (Wildman–Crippen LogP) is 2.93.